The molecular formula is C16H13Cl2NO3. The Labute approximate surface area is 138 Å². The van der Waals surface area contributed by atoms with Gasteiger partial charge in [0.1, 0.15) is 5.75 Å². The van der Waals surface area contributed by atoms with Crippen LogP contribution in [0.3, 0.4) is 0 Å². The molecular weight excluding hydrogens is 325 g/mol. The van der Waals surface area contributed by atoms with E-state index in [2.05, 4.69) is 5.32 Å². The number of hydrogen-bond donors (Lipinski definition) is 1. The number of carbonyl (C=O) groups is 2. The lowest BCUT2D eigenvalue weighted by molar-refractivity contribution is -0.114. The fraction of sp³-hybridized carbons (Fsp3) is 0.125. The van der Waals surface area contributed by atoms with E-state index in [0.29, 0.717) is 27.0 Å². The monoisotopic (exact) mass is 337 g/mol. The number of hydrogen-bond acceptors (Lipinski definition) is 3. The average molecular weight is 338 g/mol. The molecule has 0 aliphatic carbocycles. The normalized spacial score (nSPS) is 10.1. The van der Waals surface area contributed by atoms with Crippen molar-refractivity contribution < 1.29 is 14.3 Å². The van der Waals surface area contributed by atoms with Crippen LogP contribution < -0.4 is 10.1 Å². The molecule has 0 atom stereocenters. The van der Waals surface area contributed by atoms with Gasteiger partial charge in [0.2, 0.25) is 5.91 Å². The summed E-state index contributed by atoms with van der Waals surface area (Å²) >= 11 is 11.7. The van der Waals surface area contributed by atoms with Crippen molar-refractivity contribution in [2.24, 2.45) is 0 Å². The van der Waals surface area contributed by atoms with E-state index in [4.69, 9.17) is 27.9 Å². The van der Waals surface area contributed by atoms with Gasteiger partial charge in [0.15, 0.2) is 12.4 Å². The Balaban J connectivity index is 1.96. The summed E-state index contributed by atoms with van der Waals surface area (Å²) in [6.07, 6.45) is 0. The van der Waals surface area contributed by atoms with E-state index in [9.17, 15) is 9.59 Å². The van der Waals surface area contributed by atoms with Gasteiger partial charge in [-0.1, -0.05) is 23.2 Å². The molecule has 0 aliphatic rings. The Morgan fingerprint density at radius 1 is 1.05 bits per heavy atom. The molecule has 2 rings (SSSR count). The topological polar surface area (TPSA) is 55.4 Å². The highest BCUT2D eigenvalue weighted by Gasteiger charge is 2.08. The minimum atomic E-state index is -0.180. The zero-order valence-corrected chi connectivity index (χ0v) is 13.2. The van der Waals surface area contributed by atoms with Gasteiger partial charge in [0.25, 0.3) is 0 Å². The van der Waals surface area contributed by atoms with E-state index in [0.717, 1.165) is 0 Å². The van der Waals surface area contributed by atoms with Crippen molar-refractivity contribution in [2.45, 2.75) is 6.92 Å². The first kappa shape index (κ1) is 16.3. The van der Waals surface area contributed by atoms with Crippen LogP contribution in [-0.4, -0.2) is 18.3 Å². The molecule has 22 heavy (non-hydrogen) atoms. The Hall–Kier alpha value is -2.04. The van der Waals surface area contributed by atoms with Gasteiger partial charge in [-0.2, -0.15) is 0 Å². The molecule has 0 aliphatic heterocycles. The third kappa shape index (κ3) is 4.48. The van der Waals surface area contributed by atoms with Crippen molar-refractivity contribution in [3.8, 4) is 5.75 Å². The molecule has 114 valence electrons. The summed E-state index contributed by atoms with van der Waals surface area (Å²) in [6, 6.07) is 11.4. The summed E-state index contributed by atoms with van der Waals surface area (Å²) in [7, 11) is 0. The van der Waals surface area contributed by atoms with Crippen LogP contribution in [0, 0.1) is 0 Å². The second-order valence-electron chi connectivity index (χ2n) is 4.55. The van der Waals surface area contributed by atoms with E-state index in [-0.39, 0.29) is 18.3 Å². The first-order valence-electron chi connectivity index (χ1n) is 6.44. The third-order valence-corrected chi connectivity index (χ3v) is 3.53. The molecule has 1 N–H and O–H groups in total. The number of Topliss-reactive ketones (excluding diaryl/α,β-unsaturated/α-hetero) is 1. The highest BCUT2D eigenvalue weighted by atomic mass is 35.5. The van der Waals surface area contributed by atoms with Gasteiger partial charge >= 0.3 is 0 Å². The van der Waals surface area contributed by atoms with Crippen LogP contribution in [0.4, 0.5) is 5.69 Å². The summed E-state index contributed by atoms with van der Waals surface area (Å²) in [6.45, 7) is 1.31. The van der Waals surface area contributed by atoms with Crippen LogP contribution in [0.2, 0.25) is 10.0 Å². The van der Waals surface area contributed by atoms with Gasteiger partial charge in [-0.15, -0.1) is 0 Å². The molecule has 4 nitrogen and oxygen atoms in total. The lowest BCUT2D eigenvalue weighted by atomic mass is 10.1. The summed E-state index contributed by atoms with van der Waals surface area (Å²) in [5.41, 5.74) is 1.13. The molecule has 0 fully saturated rings. The predicted octanol–water partition coefficient (Wildman–Crippen LogP) is 4.21. The average Bonchev–Trinajstić information content (AvgIpc) is 2.48. The van der Waals surface area contributed by atoms with E-state index >= 15 is 0 Å². The van der Waals surface area contributed by atoms with Crippen LogP contribution in [0.25, 0.3) is 0 Å². The van der Waals surface area contributed by atoms with Gasteiger partial charge in [-0.3, -0.25) is 9.59 Å². The van der Waals surface area contributed by atoms with Crippen LogP contribution in [0.15, 0.2) is 42.5 Å². The molecule has 0 saturated heterocycles. The minimum Gasteiger partial charge on any atom is -0.485 e. The molecule has 1 amide bonds. The summed E-state index contributed by atoms with van der Waals surface area (Å²) < 4.78 is 5.39. The second-order valence-corrected chi connectivity index (χ2v) is 5.36. The van der Waals surface area contributed by atoms with Gasteiger partial charge in [-0.25, -0.2) is 0 Å². The third-order valence-electron chi connectivity index (χ3n) is 2.79. The minimum absolute atomic E-state index is 0.114. The summed E-state index contributed by atoms with van der Waals surface area (Å²) in [5.74, 6) is 0.125. The van der Waals surface area contributed by atoms with Crippen molar-refractivity contribution >= 4 is 40.6 Å². The highest BCUT2D eigenvalue weighted by molar-refractivity contribution is 6.42. The zero-order valence-electron chi connectivity index (χ0n) is 11.7. The van der Waals surface area contributed by atoms with Crippen molar-refractivity contribution in [1.29, 1.82) is 0 Å². The van der Waals surface area contributed by atoms with Gasteiger partial charge in [0, 0.05) is 24.2 Å². The number of carbonyl (C=O) groups excluding carboxylic acids is 2. The van der Waals surface area contributed by atoms with Crippen LogP contribution in [0.5, 0.6) is 5.75 Å². The SMILES string of the molecule is CC(=O)Nc1ccc(C(=O)COc2ccc(Cl)c(Cl)c2)cc1. The van der Waals surface area contributed by atoms with Gasteiger partial charge < -0.3 is 10.1 Å². The Morgan fingerprint density at radius 2 is 1.73 bits per heavy atom. The Bertz CT molecular complexity index is 699. The number of anilines is 1. The first-order chi connectivity index (χ1) is 10.5. The lowest BCUT2D eigenvalue weighted by Gasteiger charge is -2.07. The summed E-state index contributed by atoms with van der Waals surface area (Å²) in [5, 5.41) is 3.42. The number of ketones is 1. The quantitative estimate of drug-likeness (QED) is 0.831. The summed E-state index contributed by atoms with van der Waals surface area (Å²) in [4.78, 5) is 23.0. The standard InChI is InChI=1S/C16H13Cl2NO3/c1-10(20)19-12-4-2-11(3-5-12)16(21)9-22-13-6-7-14(17)15(18)8-13/h2-8H,9H2,1H3,(H,19,20). The van der Waals surface area contributed by atoms with Crippen LogP contribution in [-0.2, 0) is 4.79 Å². The molecule has 0 radical (unpaired) electrons. The predicted molar refractivity (Wildman–Crippen MR) is 87.0 cm³/mol. The molecule has 0 spiro atoms. The maximum atomic E-state index is 12.0. The smallest absolute Gasteiger partial charge is 0.221 e. The highest BCUT2D eigenvalue weighted by Crippen LogP contribution is 2.26. The van der Waals surface area contributed by atoms with E-state index < -0.39 is 0 Å². The largest absolute Gasteiger partial charge is 0.485 e. The number of nitrogens with one attached hydrogen (secondary N) is 1. The number of amides is 1. The Morgan fingerprint density at radius 3 is 2.32 bits per heavy atom. The number of rotatable bonds is 5. The molecule has 2 aromatic rings. The Kier molecular flexibility index (Phi) is 5.41. The maximum Gasteiger partial charge on any atom is 0.221 e. The zero-order chi connectivity index (χ0) is 16.1. The van der Waals surface area contributed by atoms with Crippen molar-refractivity contribution in [3.05, 3.63) is 58.1 Å². The lowest BCUT2D eigenvalue weighted by Crippen LogP contribution is -2.12. The van der Waals surface area contributed by atoms with Gasteiger partial charge in [0.05, 0.1) is 10.0 Å². The van der Waals surface area contributed by atoms with Crippen molar-refractivity contribution in [2.75, 3.05) is 11.9 Å². The van der Waals surface area contributed by atoms with Crippen molar-refractivity contribution in [1.82, 2.24) is 0 Å². The number of halogens is 2. The van der Waals surface area contributed by atoms with Gasteiger partial charge in [-0.05, 0) is 36.4 Å². The fourth-order valence-corrected chi connectivity index (χ4v) is 2.03. The molecule has 6 heteroatoms. The molecule has 2 aromatic carbocycles. The van der Waals surface area contributed by atoms with E-state index in [1.54, 1.807) is 42.5 Å². The fourth-order valence-electron chi connectivity index (χ4n) is 1.74. The molecule has 0 aromatic heterocycles. The number of benzene rings is 2. The van der Waals surface area contributed by atoms with Crippen LogP contribution in [0.1, 0.15) is 17.3 Å². The first-order valence-corrected chi connectivity index (χ1v) is 7.20. The molecule has 0 heterocycles. The molecule has 0 saturated carbocycles. The maximum absolute atomic E-state index is 12.0. The molecule has 0 bridgehead atoms. The van der Waals surface area contributed by atoms with Crippen molar-refractivity contribution in [3.63, 3.8) is 0 Å². The van der Waals surface area contributed by atoms with E-state index in [1.807, 2.05) is 0 Å². The van der Waals surface area contributed by atoms with Crippen LogP contribution >= 0.6 is 23.2 Å². The second kappa shape index (κ2) is 7.29. The number of ether oxygens (including phenoxy) is 1. The van der Waals surface area contributed by atoms with E-state index in [1.165, 1.54) is 6.92 Å². The molecule has 0 unspecified atom stereocenters.